The van der Waals surface area contributed by atoms with Crippen molar-refractivity contribution >= 4 is 23.0 Å². The zero-order valence-electron chi connectivity index (χ0n) is 17.8. The average molecular weight is 433 g/mol. The van der Waals surface area contributed by atoms with Gasteiger partial charge >= 0.3 is 0 Å². The van der Waals surface area contributed by atoms with Crippen molar-refractivity contribution in [1.82, 2.24) is 14.9 Å². The normalized spacial score (nSPS) is 21.5. The van der Waals surface area contributed by atoms with Crippen LogP contribution in [0.3, 0.4) is 0 Å². The number of aryl methyl sites for hydroxylation is 1. The van der Waals surface area contributed by atoms with Crippen molar-refractivity contribution in [3.8, 4) is 5.75 Å². The maximum Gasteiger partial charge on any atom is 0.174 e. The number of pyridine rings is 1. The smallest absolute Gasteiger partial charge is 0.174 e. The van der Waals surface area contributed by atoms with Gasteiger partial charge in [-0.25, -0.2) is 0 Å². The van der Waals surface area contributed by atoms with E-state index in [-0.39, 0.29) is 12.1 Å². The molecular formula is C25H28N4OS. The summed E-state index contributed by atoms with van der Waals surface area (Å²) in [7, 11) is 0. The van der Waals surface area contributed by atoms with E-state index in [1.807, 2.05) is 18.3 Å². The zero-order chi connectivity index (χ0) is 21.2. The Labute approximate surface area is 189 Å². The van der Waals surface area contributed by atoms with E-state index in [4.69, 9.17) is 17.0 Å². The average Bonchev–Trinajstić information content (AvgIpc) is 3.55. The van der Waals surface area contributed by atoms with E-state index in [1.165, 1.54) is 18.5 Å². The van der Waals surface area contributed by atoms with Crippen LogP contribution in [0, 0.1) is 0 Å². The van der Waals surface area contributed by atoms with Gasteiger partial charge < -0.3 is 19.5 Å². The molecule has 5 rings (SSSR count). The minimum Gasteiger partial charge on any atom is -0.490 e. The number of benzene rings is 1. The third-order valence-corrected chi connectivity index (χ3v) is 6.64. The summed E-state index contributed by atoms with van der Waals surface area (Å²) in [5.41, 5.74) is 3.27. The van der Waals surface area contributed by atoms with E-state index in [2.05, 4.69) is 75.4 Å². The quantitative estimate of drug-likeness (QED) is 0.528. The highest BCUT2D eigenvalue weighted by molar-refractivity contribution is 7.80. The van der Waals surface area contributed by atoms with Crippen molar-refractivity contribution in [2.45, 2.75) is 57.3 Å². The molecule has 2 fully saturated rings. The first kappa shape index (κ1) is 20.1. The topological polar surface area (TPSA) is 42.3 Å². The van der Waals surface area contributed by atoms with Gasteiger partial charge in [-0.15, -0.1) is 0 Å². The summed E-state index contributed by atoms with van der Waals surface area (Å²) in [6.45, 7) is 3.07. The summed E-state index contributed by atoms with van der Waals surface area (Å²) in [4.78, 5) is 6.85. The van der Waals surface area contributed by atoms with Crippen LogP contribution in [0.15, 0.2) is 67.0 Å². The first-order valence-corrected chi connectivity index (χ1v) is 11.6. The molecule has 160 valence electrons. The number of hydrogen-bond acceptors (Lipinski definition) is 3. The van der Waals surface area contributed by atoms with E-state index in [0.29, 0.717) is 11.2 Å². The van der Waals surface area contributed by atoms with Gasteiger partial charge in [0.25, 0.3) is 0 Å². The minimum atomic E-state index is -0.0247. The van der Waals surface area contributed by atoms with E-state index < -0.39 is 0 Å². The fraction of sp³-hybridized carbons (Fsp3) is 0.360. The first-order valence-electron chi connectivity index (χ1n) is 11.2. The Bertz CT molecular complexity index is 1030. The number of nitrogens with zero attached hydrogens (tertiary/aromatic N) is 3. The van der Waals surface area contributed by atoms with Gasteiger partial charge in [0, 0.05) is 30.3 Å². The third-order valence-electron chi connectivity index (χ3n) is 6.33. The van der Waals surface area contributed by atoms with Crippen LogP contribution in [-0.2, 0) is 6.54 Å². The molecule has 1 saturated heterocycles. The number of rotatable bonds is 6. The predicted molar refractivity (Wildman–Crippen MR) is 127 cm³/mol. The Morgan fingerprint density at radius 1 is 1.06 bits per heavy atom. The maximum absolute atomic E-state index is 6.16. The molecule has 2 aromatic heterocycles. The summed E-state index contributed by atoms with van der Waals surface area (Å²) >= 11 is 5.83. The van der Waals surface area contributed by atoms with Crippen LogP contribution in [0.25, 0.3) is 0 Å². The zero-order valence-corrected chi connectivity index (χ0v) is 18.6. The van der Waals surface area contributed by atoms with Crippen LogP contribution >= 0.6 is 12.2 Å². The second-order valence-electron chi connectivity index (χ2n) is 8.23. The van der Waals surface area contributed by atoms with E-state index in [0.717, 1.165) is 36.5 Å². The highest BCUT2D eigenvalue weighted by Gasteiger charge is 2.41. The Hall–Kier alpha value is -2.86. The van der Waals surface area contributed by atoms with Crippen LogP contribution < -0.4 is 15.0 Å². The van der Waals surface area contributed by atoms with E-state index in [1.54, 1.807) is 0 Å². The Balaban J connectivity index is 1.49. The fourth-order valence-corrected chi connectivity index (χ4v) is 5.15. The molecule has 1 aliphatic carbocycles. The van der Waals surface area contributed by atoms with Crippen molar-refractivity contribution in [3.63, 3.8) is 0 Å². The van der Waals surface area contributed by atoms with Gasteiger partial charge in [-0.3, -0.25) is 4.98 Å². The van der Waals surface area contributed by atoms with Crippen LogP contribution in [0.2, 0.25) is 0 Å². The standard InChI is InChI=1S/C25H28N4OS/c1-2-28-17-7-11-22(28)24-23(21-10-5-6-16-26-21)27-25(31)29(24)18-12-14-20(15-13-18)30-19-8-3-4-9-19/h5-7,10-17,19,23-24H,2-4,8-9H2,1H3,(H,27,31)/t23-,24+/m1/s1. The van der Waals surface area contributed by atoms with Crippen LogP contribution in [0.1, 0.15) is 56.1 Å². The minimum absolute atomic E-state index is 0.0129. The van der Waals surface area contributed by atoms with Gasteiger partial charge in [-0.2, -0.15) is 0 Å². The number of aromatic nitrogens is 2. The molecule has 2 aliphatic rings. The molecule has 3 aromatic rings. The lowest BCUT2D eigenvalue weighted by molar-refractivity contribution is 0.210. The molecular weight excluding hydrogens is 404 g/mol. The van der Waals surface area contributed by atoms with Gasteiger partial charge in [-0.1, -0.05) is 6.07 Å². The Morgan fingerprint density at radius 3 is 2.58 bits per heavy atom. The molecule has 31 heavy (non-hydrogen) atoms. The van der Waals surface area contributed by atoms with Crippen molar-refractivity contribution in [2.24, 2.45) is 0 Å². The molecule has 1 N–H and O–H groups in total. The summed E-state index contributed by atoms with van der Waals surface area (Å²) in [6, 6.07) is 18.7. The lowest BCUT2D eigenvalue weighted by atomic mass is 10.0. The number of anilines is 1. The summed E-state index contributed by atoms with van der Waals surface area (Å²) in [5.74, 6) is 0.934. The lowest BCUT2D eigenvalue weighted by Crippen LogP contribution is -2.30. The Morgan fingerprint density at radius 2 is 1.87 bits per heavy atom. The lowest BCUT2D eigenvalue weighted by Gasteiger charge is -2.29. The van der Waals surface area contributed by atoms with Crippen molar-refractivity contribution < 1.29 is 4.74 Å². The molecule has 3 heterocycles. The second-order valence-corrected chi connectivity index (χ2v) is 8.62. The Kier molecular flexibility index (Phi) is 5.64. The van der Waals surface area contributed by atoms with Gasteiger partial charge in [0.1, 0.15) is 11.8 Å². The van der Waals surface area contributed by atoms with E-state index >= 15 is 0 Å². The van der Waals surface area contributed by atoms with Crippen molar-refractivity contribution in [1.29, 1.82) is 0 Å². The van der Waals surface area contributed by atoms with Crippen LogP contribution in [0.4, 0.5) is 5.69 Å². The SMILES string of the molecule is CCn1cccc1[C@H]1[C@@H](c2ccccn2)NC(=S)N1c1ccc(OC2CCCC2)cc1. The highest BCUT2D eigenvalue weighted by atomic mass is 32.1. The molecule has 6 heteroatoms. The molecule has 1 aromatic carbocycles. The molecule has 1 saturated carbocycles. The number of nitrogens with one attached hydrogen (secondary N) is 1. The molecule has 0 unspecified atom stereocenters. The molecule has 1 aliphatic heterocycles. The monoisotopic (exact) mass is 432 g/mol. The number of thiocarbonyl (C=S) groups is 1. The number of hydrogen-bond donors (Lipinski definition) is 1. The van der Waals surface area contributed by atoms with E-state index in [9.17, 15) is 0 Å². The third kappa shape index (κ3) is 3.92. The maximum atomic E-state index is 6.16. The first-order chi connectivity index (χ1) is 15.2. The molecule has 0 radical (unpaired) electrons. The molecule has 2 atom stereocenters. The highest BCUT2D eigenvalue weighted by Crippen LogP contribution is 2.42. The molecule has 0 amide bonds. The van der Waals surface area contributed by atoms with Crippen LogP contribution in [0.5, 0.6) is 5.75 Å². The predicted octanol–water partition coefficient (Wildman–Crippen LogP) is 5.40. The molecule has 0 spiro atoms. The molecule has 5 nitrogen and oxygen atoms in total. The van der Waals surface area contributed by atoms with Gasteiger partial charge in [0.05, 0.1) is 17.8 Å². The van der Waals surface area contributed by atoms with Crippen molar-refractivity contribution in [3.05, 3.63) is 78.4 Å². The number of ether oxygens (including phenoxy) is 1. The summed E-state index contributed by atoms with van der Waals surface area (Å²) in [5, 5.41) is 4.25. The van der Waals surface area contributed by atoms with Gasteiger partial charge in [0.2, 0.25) is 0 Å². The largest absolute Gasteiger partial charge is 0.490 e. The van der Waals surface area contributed by atoms with Crippen molar-refractivity contribution in [2.75, 3.05) is 4.90 Å². The molecule has 0 bridgehead atoms. The van der Waals surface area contributed by atoms with Crippen LogP contribution in [-0.4, -0.2) is 20.8 Å². The summed E-state index contributed by atoms with van der Waals surface area (Å²) in [6.07, 6.45) is 9.17. The summed E-state index contributed by atoms with van der Waals surface area (Å²) < 4.78 is 8.44. The van der Waals surface area contributed by atoms with Gasteiger partial charge in [-0.05, 0) is 93.4 Å². The second kappa shape index (κ2) is 8.71. The fourth-order valence-electron chi connectivity index (χ4n) is 4.80. The van der Waals surface area contributed by atoms with Gasteiger partial charge in [0.15, 0.2) is 5.11 Å².